The van der Waals surface area contributed by atoms with Crippen LogP contribution in [0.1, 0.15) is 16.1 Å². The van der Waals surface area contributed by atoms with E-state index in [1.807, 2.05) is 0 Å². The van der Waals surface area contributed by atoms with E-state index in [-0.39, 0.29) is 17.7 Å². The van der Waals surface area contributed by atoms with Gasteiger partial charge in [0.1, 0.15) is 0 Å². The number of fused-ring (bicyclic) bond motifs is 1. The highest BCUT2D eigenvalue weighted by atomic mass is 19.2. The molecule has 5 nitrogen and oxygen atoms in total. The van der Waals surface area contributed by atoms with Crippen molar-refractivity contribution in [2.24, 2.45) is 7.05 Å². The molecule has 1 N–H and O–H groups in total. The lowest BCUT2D eigenvalue weighted by Crippen LogP contribution is -2.27. The summed E-state index contributed by atoms with van der Waals surface area (Å²) in [6.45, 7) is 0.0481. The van der Waals surface area contributed by atoms with Crippen LogP contribution < -0.4 is 10.9 Å². The molecule has 0 bridgehead atoms. The number of hydrogen-bond donors (Lipinski definition) is 1. The Morgan fingerprint density at radius 2 is 1.83 bits per heavy atom. The van der Waals surface area contributed by atoms with Crippen molar-refractivity contribution in [2.45, 2.75) is 6.54 Å². The number of carbonyl (C=O) groups is 1. The van der Waals surface area contributed by atoms with Gasteiger partial charge < -0.3 is 5.32 Å². The first-order chi connectivity index (χ1) is 11.5. The Hall–Kier alpha value is -3.09. The predicted molar refractivity (Wildman–Crippen MR) is 84.5 cm³/mol. The quantitative estimate of drug-likeness (QED) is 0.801. The van der Waals surface area contributed by atoms with E-state index in [0.717, 1.165) is 12.1 Å². The van der Waals surface area contributed by atoms with Crippen LogP contribution in [-0.2, 0) is 13.6 Å². The highest BCUT2D eigenvalue weighted by Crippen LogP contribution is 2.13. The van der Waals surface area contributed by atoms with Crippen LogP contribution in [0.4, 0.5) is 8.78 Å². The first-order valence-corrected chi connectivity index (χ1v) is 7.15. The average Bonchev–Trinajstić information content (AvgIpc) is 2.59. The van der Waals surface area contributed by atoms with Gasteiger partial charge in [-0.1, -0.05) is 18.2 Å². The van der Waals surface area contributed by atoms with Crippen LogP contribution >= 0.6 is 0 Å². The molecule has 24 heavy (non-hydrogen) atoms. The lowest BCUT2D eigenvalue weighted by atomic mass is 10.1. The molecule has 3 rings (SSSR count). The lowest BCUT2D eigenvalue weighted by molar-refractivity contribution is 0.0950. The minimum atomic E-state index is -1.09. The predicted octanol–water partition coefficient (Wildman–Crippen LogP) is 2.14. The zero-order valence-corrected chi connectivity index (χ0v) is 12.7. The maximum Gasteiger partial charge on any atom is 0.274 e. The molecule has 3 aromatic rings. The molecule has 1 amide bonds. The van der Waals surface area contributed by atoms with Crippen molar-refractivity contribution in [3.63, 3.8) is 0 Å². The van der Waals surface area contributed by atoms with Crippen LogP contribution in [0, 0.1) is 11.6 Å². The van der Waals surface area contributed by atoms with Crippen molar-refractivity contribution >= 4 is 16.7 Å². The molecule has 0 unspecified atom stereocenters. The van der Waals surface area contributed by atoms with Gasteiger partial charge in [-0.2, -0.15) is 5.10 Å². The molecule has 1 aromatic heterocycles. The van der Waals surface area contributed by atoms with Crippen LogP contribution in [0.25, 0.3) is 10.8 Å². The zero-order chi connectivity index (χ0) is 17.3. The third-order valence-corrected chi connectivity index (χ3v) is 3.63. The van der Waals surface area contributed by atoms with Gasteiger partial charge in [-0.3, -0.25) is 9.59 Å². The molecule has 7 heteroatoms. The Labute approximate surface area is 135 Å². The number of aromatic nitrogens is 2. The van der Waals surface area contributed by atoms with Crippen LogP contribution in [0.15, 0.2) is 47.3 Å². The summed E-state index contributed by atoms with van der Waals surface area (Å²) in [5.74, 6) is -2.67. The number of amides is 1. The summed E-state index contributed by atoms with van der Waals surface area (Å²) in [4.78, 5) is 24.1. The topological polar surface area (TPSA) is 64.0 Å². The van der Waals surface area contributed by atoms with E-state index in [1.165, 1.54) is 17.8 Å². The first kappa shape index (κ1) is 15.8. The van der Waals surface area contributed by atoms with Crippen molar-refractivity contribution in [1.29, 1.82) is 0 Å². The number of carbonyl (C=O) groups excluding carboxylic acids is 1. The number of hydrogen-bond acceptors (Lipinski definition) is 3. The molecular formula is C17H13F2N3O2. The van der Waals surface area contributed by atoms with Gasteiger partial charge in [0.2, 0.25) is 0 Å². The molecule has 0 radical (unpaired) electrons. The first-order valence-electron chi connectivity index (χ1n) is 7.15. The van der Waals surface area contributed by atoms with Crippen LogP contribution in [-0.4, -0.2) is 15.7 Å². The van der Waals surface area contributed by atoms with Crippen LogP contribution in [0.3, 0.4) is 0 Å². The van der Waals surface area contributed by atoms with E-state index >= 15 is 0 Å². The Morgan fingerprint density at radius 3 is 2.54 bits per heavy atom. The summed E-state index contributed by atoms with van der Waals surface area (Å²) >= 11 is 0. The summed E-state index contributed by atoms with van der Waals surface area (Å²) in [6.07, 6.45) is 0. The highest BCUT2D eigenvalue weighted by molar-refractivity contribution is 5.94. The molecule has 0 saturated heterocycles. The van der Waals surface area contributed by atoms with Gasteiger partial charge in [-0.25, -0.2) is 13.5 Å². The standard InChI is InChI=1S/C17H13F2N3O2/c1-22-17(24)12-5-3-2-4-11(12)15(21-22)9-20-16(23)10-6-7-13(18)14(19)8-10/h2-8H,9H2,1H3,(H,20,23). The minimum Gasteiger partial charge on any atom is -0.346 e. The normalized spacial score (nSPS) is 10.8. The van der Waals surface area contributed by atoms with Gasteiger partial charge in [0.15, 0.2) is 11.6 Å². The molecule has 0 fully saturated rings. The SMILES string of the molecule is Cn1nc(CNC(=O)c2ccc(F)c(F)c2)c2ccccc2c1=O. The smallest absolute Gasteiger partial charge is 0.274 e. The number of rotatable bonds is 3. The molecule has 122 valence electrons. The number of nitrogens with zero attached hydrogens (tertiary/aromatic N) is 2. The zero-order valence-electron chi connectivity index (χ0n) is 12.7. The molecule has 0 spiro atoms. The molecule has 1 heterocycles. The summed E-state index contributed by atoms with van der Waals surface area (Å²) in [5, 5.41) is 7.87. The summed E-state index contributed by atoms with van der Waals surface area (Å²) < 4.78 is 27.3. The third-order valence-electron chi connectivity index (χ3n) is 3.63. The molecule has 0 aliphatic heterocycles. The Morgan fingerprint density at radius 1 is 1.12 bits per heavy atom. The van der Waals surface area contributed by atoms with E-state index < -0.39 is 17.5 Å². The molecular weight excluding hydrogens is 316 g/mol. The fourth-order valence-corrected chi connectivity index (χ4v) is 2.41. The summed E-state index contributed by atoms with van der Waals surface area (Å²) in [5.41, 5.74) is 0.271. The van der Waals surface area contributed by atoms with Gasteiger partial charge in [0.05, 0.1) is 17.6 Å². The second-order valence-electron chi connectivity index (χ2n) is 5.23. The van der Waals surface area contributed by atoms with E-state index in [1.54, 1.807) is 24.3 Å². The van der Waals surface area contributed by atoms with E-state index in [2.05, 4.69) is 10.4 Å². The van der Waals surface area contributed by atoms with Crippen LogP contribution in [0.5, 0.6) is 0 Å². The summed E-state index contributed by atoms with van der Waals surface area (Å²) in [7, 11) is 1.52. The monoisotopic (exact) mass is 329 g/mol. The van der Waals surface area contributed by atoms with E-state index in [4.69, 9.17) is 0 Å². The minimum absolute atomic E-state index is 0.00280. The maximum atomic E-state index is 13.2. The maximum absolute atomic E-state index is 13.2. The number of halogens is 2. The molecule has 0 aliphatic carbocycles. The second kappa shape index (κ2) is 6.19. The van der Waals surface area contributed by atoms with Gasteiger partial charge in [0, 0.05) is 18.0 Å². The van der Waals surface area contributed by atoms with E-state index in [0.29, 0.717) is 16.5 Å². The van der Waals surface area contributed by atoms with Crippen molar-refractivity contribution in [3.05, 3.63) is 75.7 Å². The Balaban J connectivity index is 1.88. The van der Waals surface area contributed by atoms with Crippen molar-refractivity contribution in [1.82, 2.24) is 15.1 Å². The summed E-state index contributed by atoms with van der Waals surface area (Å²) in [6, 6.07) is 9.85. The number of benzene rings is 2. The van der Waals surface area contributed by atoms with Crippen LogP contribution in [0.2, 0.25) is 0 Å². The Bertz CT molecular complexity index is 999. The highest BCUT2D eigenvalue weighted by Gasteiger charge is 2.12. The number of aryl methyl sites for hydroxylation is 1. The van der Waals surface area contributed by atoms with Crippen molar-refractivity contribution in [2.75, 3.05) is 0 Å². The van der Waals surface area contributed by atoms with Gasteiger partial charge in [-0.05, 0) is 24.3 Å². The van der Waals surface area contributed by atoms with Gasteiger partial charge >= 0.3 is 0 Å². The Kier molecular flexibility index (Phi) is 4.07. The molecule has 0 saturated carbocycles. The largest absolute Gasteiger partial charge is 0.346 e. The van der Waals surface area contributed by atoms with Gasteiger partial charge in [-0.15, -0.1) is 0 Å². The number of nitrogens with one attached hydrogen (secondary N) is 1. The lowest BCUT2D eigenvalue weighted by Gasteiger charge is -2.09. The molecule has 2 aromatic carbocycles. The van der Waals surface area contributed by atoms with Crippen molar-refractivity contribution < 1.29 is 13.6 Å². The van der Waals surface area contributed by atoms with E-state index in [9.17, 15) is 18.4 Å². The fraction of sp³-hybridized carbons (Fsp3) is 0.118. The molecule has 0 aliphatic rings. The molecule has 0 atom stereocenters. The average molecular weight is 329 g/mol. The van der Waals surface area contributed by atoms with Gasteiger partial charge in [0.25, 0.3) is 11.5 Å². The fourth-order valence-electron chi connectivity index (χ4n) is 2.41. The third kappa shape index (κ3) is 2.88. The second-order valence-corrected chi connectivity index (χ2v) is 5.23. The van der Waals surface area contributed by atoms with Crippen molar-refractivity contribution in [3.8, 4) is 0 Å².